The highest BCUT2D eigenvalue weighted by Gasteiger charge is 2.37. The topological polar surface area (TPSA) is 0 Å². The van der Waals surface area contributed by atoms with Gasteiger partial charge in [-0.3, -0.25) is 0 Å². The number of hydrogen-bond donors (Lipinski definition) is 0. The van der Waals surface area contributed by atoms with Crippen LogP contribution in [-0.2, 0) is 18.3 Å². The van der Waals surface area contributed by atoms with Crippen molar-refractivity contribution in [1.82, 2.24) is 0 Å². The minimum absolute atomic E-state index is 0.00775. The Balaban J connectivity index is 1.42. The zero-order valence-corrected chi connectivity index (χ0v) is 25.6. The second-order valence-corrected chi connectivity index (χ2v) is 12.5. The molecule has 0 aliphatic heterocycles. The second-order valence-electron chi connectivity index (χ2n) is 12.5. The van der Waals surface area contributed by atoms with Gasteiger partial charge >= 0.3 is 0 Å². The van der Waals surface area contributed by atoms with Gasteiger partial charge in [-0.25, -0.2) is 0 Å². The Morgan fingerprint density at radius 3 is 2.32 bits per heavy atom. The van der Waals surface area contributed by atoms with Gasteiger partial charge in [-0.2, -0.15) is 0 Å². The van der Waals surface area contributed by atoms with Gasteiger partial charge in [0, 0.05) is 5.41 Å². The third-order valence-corrected chi connectivity index (χ3v) is 9.41. The summed E-state index contributed by atoms with van der Waals surface area (Å²) in [6, 6.07) is 25.8. The summed E-state index contributed by atoms with van der Waals surface area (Å²) in [5.74, 6) is 0. The molecule has 0 amide bonds. The van der Waals surface area contributed by atoms with Crippen LogP contribution >= 0.6 is 0 Å². The third-order valence-electron chi connectivity index (χ3n) is 9.41. The summed E-state index contributed by atoms with van der Waals surface area (Å²) < 4.78 is 0. The van der Waals surface area contributed by atoms with Gasteiger partial charge in [0.15, 0.2) is 0 Å². The van der Waals surface area contributed by atoms with Crippen LogP contribution < -0.4 is 0 Å². The largest absolute Gasteiger partial charge is 0.0848 e. The highest BCUT2D eigenvalue weighted by molar-refractivity contribution is 5.88. The first-order valence-corrected chi connectivity index (χ1v) is 15.3. The molecule has 0 N–H and O–H groups in total. The van der Waals surface area contributed by atoms with Crippen molar-refractivity contribution in [1.29, 1.82) is 0 Å². The number of benzene rings is 4. The predicted octanol–water partition coefficient (Wildman–Crippen LogP) is 11.4. The van der Waals surface area contributed by atoms with E-state index in [1.54, 1.807) is 0 Å². The molecule has 41 heavy (non-hydrogen) atoms. The molecule has 0 heterocycles. The van der Waals surface area contributed by atoms with Crippen molar-refractivity contribution in [2.75, 3.05) is 0 Å². The zero-order chi connectivity index (χ0) is 28.7. The Morgan fingerprint density at radius 1 is 0.732 bits per heavy atom. The van der Waals surface area contributed by atoms with Crippen LogP contribution in [0, 0.1) is 13.8 Å². The molecule has 6 rings (SSSR count). The average molecular weight is 535 g/mol. The third kappa shape index (κ3) is 4.74. The first-order chi connectivity index (χ1) is 19.8. The van der Waals surface area contributed by atoms with Crippen molar-refractivity contribution in [2.45, 2.75) is 72.6 Å². The quantitative estimate of drug-likeness (QED) is 0.223. The number of allylic oxidation sites excluding steroid dienone is 6. The molecule has 2 aliphatic carbocycles. The van der Waals surface area contributed by atoms with Gasteiger partial charge < -0.3 is 0 Å². The Kier molecular flexibility index (Phi) is 7.20. The predicted molar refractivity (Wildman–Crippen MR) is 179 cm³/mol. The van der Waals surface area contributed by atoms with Crippen molar-refractivity contribution < 1.29 is 0 Å². The van der Waals surface area contributed by atoms with Gasteiger partial charge in [0.2, 0.25) is 0 Å². The molecule has 0 heteroatoms. The molecule has 0 saturated heterocycles. The normalized spacial score (nSPS) is 15.5. The van der Waals surface area contributed by atoms with Crippen molar-refractivity contribution in [3.05, 3.63) is 136 Å². The Labute approximate surface area is 247 Å². The number of hydrogen-bond acceptors (Lipinski definition) is 0. The molecule has 0 saturated carbocycles. The van der Waals surface area contributed by atoms with E-state index in [1.807, 2.05) is 0 Å². The Hall–Kier alpha value is -3.90. The van der Waals surface area contributed by atoms with Crippen molar-refractivity contribution in [2.24, 2.45) is 0 Å². The fraction of sp³-hybridized carbons (Fsp3) is 0.268. The van der Waals surface area contributed by atoms with Crippen LogP contribution in [0.15, 0.2) is 97.1 Å². The van der Waals surface area contributed by atoms with E-state index in [0.717, 1.165) is 19.3 Å². The lowest BCUT2D eigenvalue weighted by Gasteiger charge is -2.25. The number of aryl methyl sites for hydroxylation is 3. The maximum atomic E-state index is 2.52. The molecule has 0 radical (unpaired) electrons. The molecule has 0 nitrogen and oxygen atoms in total. The monoisotopic (exact) mass is 534 g/mol. The highest BCUT2D eigenvalue weighted by atomic mass is 14.4. The van der Waals surface area contributed by atoms with Crippen molar-refractivity contribution in [3.63, 3.8) is 0 Å². The summed E-state index contributed by atoms with van der Waals surface area (Å²) in [4.78, 5) is 0. The van der Waals surface area contributed by atoms with E-state index in [4.69, 9.17) is 0 Å². The number of fused-ring (bicyclic) bond motifs is 6. The molecule has 0 aromatic heterocycles. The van der Waals surface area contributed by atoms with E-state index in [2.05, 4.69) is 139 Å². The van der Waals surface area contributed by atoms with E-state index >= 15 is 0 Å². The SMILES string of the molecule is CC/C=C/C=C\C=C(/C)c1ccc2c(c1)-c1cc(C)c(-c3ccc4c(c3C)C(C)(C)c3ccccc3-4)cc1CCC2. The van der Waals surface area contributed by atoms with Crippen LogP contribution in [0.3, 0.4) is 0 Å². The van der Waals surface area contributed by atoms with Crippen LogP contribution in [0.2, 0.25) is 0 Å². The van der Waals surface area contributed by atoms with Gasteiger partial charge in [0.25, 0.3) is 0 Å². The summed E-state index contributed by atoms with van der Waals surface area (Å²) in [6.07, 6.45) is 15.3. The van der Waals surface area contributed by atoms with E-state index in [1.165, 1.54) is 84.3 Å². The van der Waals surface area contributed by atoms with E-state index in [0.29, 0.717) is 0 Å². The summed E-state index contributed by atoms with van der Waals surface area (Å²) >= 11 is 0. The fourth-order valence-electron chi connectivity index (χ4n) is 7.27. The molecule has 0 fully saturated rings. The van der Waals surface area contributed by atoms with Crippen LogP contribution in [0.4, 0.5) is 0 Å². The smallest absolute Gasteiger partial charge is 0.0161 e. The van der Waals surface area contributed by atoms with Crippen LogP contribution in [0.5, 0.6) is 0 Å². The molecule has 0 bridgehead atoms. The van der Waals surface area contributed by atoms with E-state index in [9.17, 15) is 0 Å². The minimum atomic E-state index is 0.00775. The van der Waals surface area contributed by atoms with Gasteiger partial charge in [0.05, 0.1) is 0 Å². The molecule has 206 valence electrons. The lowest BCUT2D eigenvalue weighted by molar-refractivity contribution is 0.656. The fourth-order valence-corrected chi connectivity index (χ4v) is 7.27. The summed E-state index contributed by atoms with van der Waals surface area (Å²) in [7, 11) is 0. The second kappa shape index (κ2) is 10.8. The Morgan fingerprint density at radius 2 is 1.49 bits per heavy atom. The molecule has 4 aromatic carbocycles. The first-order valence-electron chi connectivity index (χ1n) is 15.3. The number of rotatable bonds is 5. The van der Waals surface area contributed by atoms with Gasteiger partial charge in [-0.15, -0.1) is 0 Å². The first kappa shape index (κ1) is 27.3. The zero-order valence-electron chi connectivity index (χ0n) is 25.6. The molecule has 0 atom stereocenters. The van der Waals surface area contributed by atoms with Crippen molar-refractivity contribution >= 4 is 5.57 Å². The van der Waals surface area contributed by atoms with Gasteiger partial charge in [-0.1, -0.05) is 112 Å². The summed E-state index contributed by atoms with van der Waals surface area (Å²) in [6.45, 7) is 13.8. The standard InChI is InChI=1S/C41H42/c1-7-8-9-10-11-15-27(2)31-21-20-30-16-14-17-32-26-36(28(3)24-37(32)38(30)25-31)33-22-23-35-34-18-12-13-19-39(34)41(5,6)40(35)29(33)4/h8-13,15,18-26H,7,14,16-17H2,1-6H3/b9-8+,11-10-,27-15+. The Bertz CT molecular complexity index is 1730. The molecule has 4 aromatic rings. The van der Waals surface area contributed by atoms with Gasteiger partial charge in [0.1, 0.15) is 0 Å². The van der Waals surface area contributed by atoms with Crippen LogP contribution in [0.1, 0.15) is 79.5 Å². The summed E-state index contributed by atoms with van der Waals surface area (Å²) in [5.41, 5.74) is 19.7. The molecule has 0 spiro atoms. The molecule has 2 aliphatic rings. The molecular formula is C41H42. The van der Waals surface area contributed by atoms with E-state index in [-0.39, 0.29) is 5.41 Å². The van der Waals surface area contributed by atoms with Gasteiger partial charge in [-0.05, 0) is 130 Å². The van der Waals surface area contributed by atoms with Crippen LogP contribution in [-0.4, -0.2) is 0 Å². The highest BCUT2D eigenvalue weighted by Crippen LogP contribution is 2.52. The average Bonchev–Trinajstić information content (AvgIpc) is 3.08. The maximum absolute atomic E-state index is 2.52. The lowest BCUT2D eigenvalue weighted by atomic mass is 9.78. The minimum Gasteiger partial charge on any atom is -0.0848 e. The van der Waals surface area contributed by atoms with E-state index < -0.39 is 0 Å². The van der Waals surface area contributed by atoms with Crippen LogP contribution in [0.25, 0.3) is 39.0 Å². The lowest BCUT2D eigenvalue weighted by Crippen LogP contribution is -2.16. The molecular weight excluding hydrogens is 492 g/mol. The molecule has 0 unspecified atom stereocenters. The summed E-state index contributed by atoms with van der Waals surface area (Å²) in [5, 5.41) is 0. The maximum Gasteiger partial charge on any atom is 0.0161 e. The van der Waals surface area contributed by atoms with Crippen molar-refractivity contribution in [3.8, 4) is 33.4 Å².